The molecule has 2 rings (SSSR count). The highest BCUT2D eigenvalue weighted by Gasteiger charge is 2.37. The van der Waals surface area contributed by atoms with E-state index in [1.54, 1.807) is 11.3 Å². The van der Waals surface area contributed by atoms with E-state index in [2.05, 4.69) is 18.7 Å². The molecular formula is C14H21NO2S. The normalized spacial score (nSPS) is 20.6. The third-order valence-corrected chi connectivity index (χ3v) is 4.79. The Labute approximate surface area is 113 Å². The second-order valence-electron chi connectivity index (χ2n) is 4.91. The summed E-state index contributed by atoms with van der Waals surface area (Å²) in [6, 6.07) is 4.04. The Morgan fingerprint density at radius 1 is 1.50 bits per heavy atom. The zero-order valence-electron chi connectivity index (χ0n) is 11.1. The molecule has 0 aliphatic carbocycles. The maximum absolute atomic E-state index is 12.6. The van der Waals surface area contributed by atoms with Gasteiger partial charge in [-0.3, -0.25) is 9.69 Å². The third-order valence-electron chi connectivity index (χ3n) is 3.91. The largest absolute Gasteiger partial charge is 0.379 e. The first-order valence-electron chi connectivity index (χ1n) is 6.55. The van der Waals surface area contributed by atoms with E-state index in [4.69, 9.17) is 4.74 Å². The second-order valence-corrected chi connectivity index (χ2v) is 5.94. The summed E-state index contributed by atoms with van der Waals surface area (Å²) in [6.07, 6.45) is 1.41. The molecule has 0 radical (unpaired) electrons. The minimum Gasteiger partial charge on any atom is -0.379 e. The van der Waals surface area contributed by atoms with Gasteiger partial charge in [-0.2, -0.15) is 0 Å². The van der Waals surface area contributed by atoms with Gasteiger partial charge in [0.1, 0.15) is 0 Å². The van der Waals surface area contributed by atoms with Gasteiger partial charge in [0.25, 0.3) is 0 Å². The molecule has 1 saturated heterocycles. The molecule has 1 aliphatic rings. The molecule has 2 heterocycles. The first-order valence-corrected chi connectivity index (χ1v) is 7.43. The number of thiophene rings is 1. The van der Waals surface area contributed by atoms with Crippen molar-refractivity contribution in [3.8, 4) is 0 Å². The molecule has 3 nitrogen and oxygen atoms in total. The van der Waals surface area contributed by atoms with Crippen LogP contribution in [0.3, 0.4) is 0 Å². The number of ether oxygens (including phenoxy) is 1. The molecule has 1 unspecified atom stereocenters. The lowest BCUT2D eigenvalue weighted by molar-refractivity contribution is -0.133. The lowest BCUT2D eigenvalue weighted by Gasteiger charge is -2.41. The van der Waals surface area contributed by atoms with E-state index in [1.165, 1.54) is 0 Å². The minimum atomic E-state index is -0.340. The Balaban J connectivity index is 2.07. The molecule has 0 N–H and O–H groups in total. The van der Waals surface area contributed by atoms with Crippen molar-refractivity contribution < 1.29 is 9.53 Å². The molecule has 1 aromatic heterocycles. The lowest BCUT2D eigenvalue weighted by Crippen LogP contribution is -2.56. The van der Waals surface area contributed by atoms with Crippen molar-refractivity contribution in [1.82, 2.24) is 4.90 Å². The van der Waals surface area contributed by atoms with Crippen LogP contribution in [-0.4, -0.2) is 42.5 Å². The number of ketones is 1. The summed E-state index contributed by atoms with van der Waals surface area (Å²) in [5.41, 5.74) is -0.340. The number of carbonyl (C=O) groups is 1. The molecule has 0 amide bonds. The van der Waals surface area contributed by atoms with Crippen LogP contribution in [0.25, 0.3) is 0 Å². The molecule has 0 spiro atoms. The van der Waals surface area contributed by atoms with Gasteiger partial charge in [-0.05, 0) is 24.8 Å². The van der Waals surface area contributed by atoms with Gasteiger partial charge >= 0.3 is 0 Å². The van der Waals surface area contributed by atoms with E-state index in [0.29, 0.717) is 12.2 Å². The van der Waals surface area contributed by atoms with Gasteiger partial charge in [0.2, 0.25) is 0 Å². The van der Waals surface area contributed by atoms with Crippen LogP contribution in [0.2, 0.25) is 0 Å². The molecule has 0 aromatic carbocycles. The fraction of sp³-hybridized carbons (Fsp3) is 0.643. The fourth-order valence-electron chi connectivity index (χ4n) is 2.42. The van der Waals surface area contributed by atoms with Gasteiger partial charge in [0.15, 0.2) is 5.78 Å². The van der Waals surface area contributed by atoms with Crippen molar-refractivity contribution in [2.24, 2.45) is 0 Å². The summed E-state index contributed by atoms with van der Waals surface area (Å²) >= 11 is 1.66. The molecule has 0 bridgehead atoms. The van der Waals surface area contributed by atoms with Crippen LogP contribution < -0.4 is 0 Å². The topological polar surface area (TPSA) is 29.5 Å². The Kier molecular flexibility index (Phi) is 4.54. The number of morpholine rings is 1. The minimum absolute atomic E-state index is 0.328. The first-order chi connectivity index (χ1) is 8.66. The van der Waals surface area contributed by atoms with Crippen LogP contribution in [0, 0.1) is 0 Å². The lowest BCUT2D eigenvalue weighted by atomic mass is 9.88. The molecule has 1 atom stereocenters. The van der Waals surface area contributed by atoms with Crippen molar-refractivity contribution in [2.45, 2.75) is 32.2 Å². The molecular weight excluding hydrogens is 246 g/mol. The van der Waals surface area contributed by atoms with Gasteiger partial charge in [-0.25, -0.2) is 0 Å². The maximum atomic E-state index is 12.6. The van der Waals surface area contributed by atoms with Crippen molar-refractivity contribution >= 4 is 17.1 Å². The van der Waals surface area contributed by atoms with Crippen molar-refractivity contribution in [1.29, 1.82) is 0 Å². The summed E-state index contributed by atoms with van der Waals surface area (Å²) < 4.78 is 5.37. The van der Waals surface area contributed by atoms with Crippen LogP contribution in [0.1, 0.15) is 25.1 Å². The van der Waals surface area contributed by atoms with E-state index in [0.717, 1.165) is 37.6 Å². The average Bonchev–Trinajstić information content (AvgIpc) is 2.91. The van der Waals surface area contributed by atoms with Crippen LogP contribution in [-0.2, 0) is 16.0 Å². The summed E-state index contributed by atoms with van der Waals surface area (Å²) in [7, 11) is 0. The van der Waals surface area contributed by atoms with E-state index >= 15 is 0 Å². The number of carbonyl (C=O) groups excluding carboxylic acids is 1. The monoisotopic (exact) mass is 267 g/mol. The van der Waals surface area contributed by atoms with Crippen LogP contribution in [0.15, 0.2) is 17.5 Å². The van der Waals surface area contributed by atoms with Gasteiger partial charge in [0, 0.05) is 24.4 Å². The standard InChI is InChI=1S/C14H21NO2S/c1-3-14(2,15-6-8-17-9-7-15)13(16)11-12-5-4-10-18-12/h4-5,10H,3,6-9,11H2,1-2H3. The average molecular weight is 267 g/mol. The SMILES string of the molecule is CCC(C)(C(=O)Cc1cccs1)N1CCOCC1. The summed E-state index contributed by atoms with van der Waals surface area (Å²) in [6.45, 7) is 7.38. The predicted octanol–water partition coefficient (Wildman–Crippen LogP) is 2.36. The van der Waals surface area contributed by atoms with Gasteiger partial charge < -0.3 is 4.74 Å². The molecule has 4 heteroatoms. The predicted molar refractivity (Wildman–Crippen MR) is 74.1 cm³/mol. The van der Waals surface area contributed by atoms with Gasteiger partial charge in [-0.15, -0.1) is 11.3 Å². The van der Waals surface area contributed by atoms with Crippen molar-refractivity contribution in [3.63, 3.8) is 0 Å². The highest BCUT2D eigenvalue weighted by Crippen LogP contribution is 2.24. The van der Waals surface area contributed by atoms with Gasteiger partial charge in [-0.1, -0.05) is 13.0 Å². The Bertz CT molecular complexity index is 385. The molecule has 18 heavy (non-hydrogen) atoms. The molecule has 0 saturated carbocycles. The smallest absolute Gasteiger partial charge is 0.157 e. The molecule has 1 fully saturated rings. The Morgan fingerprint density at radius 2 is 2.22 bits per heavy atom. The van der Waals surface area contributed by atoms with Crippen LogP contribution in [0.5, 0.6) is 0 Å². The zero-order valence-corrected chi connectivity index (χ0v) is 12.0. The highest BCUT2D eigenvalue weighted by atomic mass is 32.1. The number of hydrogen-bond donors (Lipinski definition) is 0. The fourth-order valence-corrected chi connectivity index (χ4v) is 3.12. The molecule has 100 valence electrons. The zero-order chi connectivity index (χ0) is 13.0. The van der Waals surface area contributed by atoms with Crippen molar-refractivity contribution in [3.05, 3.63) is 22.4 Å². The Morgan fingerprint density at radius 3 is 2.78 bits per heavy atom. The number of nitrogens with zero attached hydrogens (tertiary/aromatic N) is 1. The summed E-state index contributed by atoms with van der Waals surface area (Å²) in [4.78, 5) is 16.0. The first kappa shape index (κ1) is 13.7. The number of rotatable bonds is 5. The van der Waals surface area contributed by atoms with E-state index in [-0.39, 0.29) is 5.54 Å². The van der Waals surface area contributed by atoms with Crippen molar-refractivity contribution in [2.75, 3.05) is 26.3 Å². The number of Topliss-reactive ketones (excluding diaryl/α,β-unsaturated/α-hetero) is 1. The van der Waals surface area contributed by atoms with Gasteiger partial charge in [0.05, 0.1) is 18.8 Å². The van der Waals surface area contributed by atoms with Crippen LogP contribution >= 0.6 is 11.3 Å². The van der Waals surface area contributed by atoms with E-state index < -0.39 is 0 Å². The third kappa shape index (κ3) is 2.82. The van der Waals surface area contributed by atoms with Crippen LogP contribution in [0.4, 0.5) is 0 Å². The number of hydrogen-bond acceptors (Lipinski definition) is 4. The summed E-state index contributed by atoms with van der Waals surface area (Å²) in [5, 5.41) is 2.03. The quantitative estimate of drug-likeness (QED) is 0.820. The Hall–Kier alpha value is -0.710. The second kappa shape index (κ2) is 5.95. The summed E-state index contributed by atoms with van der Waals surface area (Å²) in [5.74, 6) is 0.328. The maximum Gasteiger partial charge on any atom is 0.157 e. The van der Waals surface area contributed by atoms with E-state index in [1.807, 2.05) is 17.5 Å². The molecule has 1 aromatic rings. The highest BCUT2D eigenvalue weighted by molar-refractivity contribution is 7.10. The van der Waals surface area contributed by atoms with E-state index in [9.17, 15) is 4.79 Å². The molecule has 1 aliphatic heterocycles.